The van der Waals surface area contributed by atoms with Crippen molar-refractivity contribution in [2.75, 3.05) is 7.11 Å². The average Bonchev–Trinajstić information content (AvgIpc) is 2.26. The average molecular weight is 209 g/mol. The van der Waals surface area contributed by atoms with E-state index in [9.17, 15) is 4.39 Å². The molecule has 2 nitrogen and oxygen atoms in total. The van der Waals surface area contributed by atoms with Crippen molar-refractivity contribution in [3.8, 4) is 5.75 Å². The first-order valence-corrected chi connectivity index (χ1v) is 4.89. The van der Waals surface area contributed by atoms with E-state index in [0.717, 1.165) is 6.42 Å². The summed E-state index contributed by atoms with van der Waals surface area (Å²) in [6, 6.07) is 4.29. The topological polar surface area (TPSA) is 35.2 Å². The molecule has 1 aromatic carbocycles. The molecule has 0 fully saturated rings. The van der Waals surface area contributed by atoms with Crippen molar-refractivity contribution in [2.45, 2.75) is 18.9 Å². The monoisotopic (exact) mass is 209 g/mol. The molecule has 0 saturated carbocycles. The normalized spacial score (nSPS) is 12.2. The summed E-state index contributed by atoms with van der Waals surface area (Å²) in [5.74, 6) is 0.341. The summed E-state index contributed by atoms with van der Waals surface area (Å²) in [5.41, 5.74) is 6.36. The molecule has 0 heterocycles. The highest BCUT2D eigenvalue weighted by molar-refractivity contribution is 5.31. The quantitative estimate of drug-likeness (QED) is 0.757. The van der Waals surface area contributed by atoms with Crippen LogP contribution in [-0.4, -0.2) is 7.11 Å². The highest BCUT2D eigenvalue weighted by atomic mass is 19.1. The van der Waals surface area contributed by atoms with E-state index in [0.29, 0.717) is 17.7 Å². The molecule has 0 bridgehead atoms. The van der Waals surface area contributed by atoms with Gasteiger partial charge >= 0.3 is 0 Å². The third-order valence-corrected chi connectivity index (χ3v) is 2.28. The lowest BCUT2D eigenvalue weighted by atomic mass is 10.0. The van der Waals surface area contributed by atoms with Crippen molar-refractivity contribution in [1.29, 1.82) is 0 Å². The molecule has 0 aliphatic rings. The van der Waals surface area contributed by atoms with Crippen LogP contribution in [0.4, 0.5) is 4.39 Å². The summed E-state index contributed by atoms with van der Waals surface area (Å²) < 4.78 is 18.4. The summed E-state index contributed by atoms with van der Waals surface area (Å²) in [5, 5.41) is 0. The Morgan fingerprint density at radius 2 is 2.33 bits per heavy atom. The van der Waals surface area contributed by atoms with Gasteiger partial charge in [0.1, 0.15) is 11.6 Å². The minimum absolute atomic E-state index is 0.285. The second-order valence-corrected chi connectivity index (χ2v) is 3.36. The van der Waals surface area contributed by atoms with Gasteiger partial charge in [0.25, 0.3) is 0 Å². The number of halogens is 1. The molecular weight excluding hydrogens is 193 g/mol. The molecule has 2 N–H and O–H groups in total. The smallest absolute Gasteiger partial charge is 0.128 e. The van der Waals surface area contributed by atoms with Gasteiger partial charge in [0.05, 0.1) is 7.11 Å². The van der Waals surface area contributed by atoms with Crippen LogP contribution in [0.15, 0.2) is 30.9 Å². The number of benzene rings is 1. The Bertz CT molecular complexity index is 338. The number of ether oxygens (including phenoxy) is 1. The van der Waals surface area contributed by atoms with Gasteiger partial charge in [-0.3, -0.25) is 0 Å². The second-order valence-electron chi connectivity index (χ2n) is 3.36. The van der Waals surface area contributed by atoms with Crippen molar-refractivity contribution in [1.82, 2.24) is 0 Å². The minimum Gasteiger partial charge on any atom is -0.497 e. The van der Waals surface area contributed by atoms with E-state index in [1.54, 1.807) is 25.3 Å². The van der Waals surface area contributed by atoms with E-state index in [1.807, 2.05) is 0 Å². The van der Waals surface area contributed by atoms with E-state index in [1.165, 1.54) is 6.07 Å². The van der Waals surface area contributed by atoms with Crippen LogP contribution in [-0.2, 0) is 0 Å². The summed E-state index contributed by atoms with van der Waals surface area (Å²) in [6.45, 7) is 3.61. The van der Waals surface area contributed by atoms with Crippen LogP contribution in [0.25, 0.3) is 0 Å². The third-order valence-electron chi connectivity index (χ3n) is 2.28. The Morgan fingerprint density at radius 3 is 2.93 bits per heavy atom. The zero-order valence-corrected chi connectivity index (χ0v) is 8.87. The third kappa shape index (κ3) is 3.06. The number of nitrogens with two attached hydrogens (primary N) is 1. The lowest BCUT2D eigenvalue weighted by Crippen LogP contribution is -2.11. The van der Waals surface area contributed by atoms with Crippen LogP contribution in [0.3, 0.4) is 0 Å². The Morgan fingerprint density at radius 1 is 1.60 bits per heavy atom. The molecule has 82 valence electrons. The molecule has 15 heavy (non-hydrogen) atoms. The fourth-order valence-corrected chi connectivity index (χ4v) is 1.39. The molecule has 0 amide bonds. The van der Waals surface area contributed by atoms with Crippen molar-refractivity contribution < 1.29 is 9.13 Å². The molecule has 1 rings (SSSR count). The maximum absolute atomic E-state index is 13.4. The van der Waals surface area contributed by atoms with Gasteiger partial charge in [-0.2, -0.15) is 0 Å². The van der Waals surface area contributed by atoms with Crippen molar-refractivity contribution >= 4 is 0 Å². The zero-order valence-electron chi connectivity index (χ0n) is 8.87. The van der Waals surface area contributed by atoms with Gasteiger partial charge in [0, 0.05) is 11.6 Å². The van der Waals surface area contributed by atoms with E-state index in [4.69, 9.17) is 10.5 Å². The van der Waals surface area contributed by atoms with E-state index >= 15 is 0 Å². The predicted octanol–water partition coefficient (Wildman–Crippen LogP) is 2.80. The SMILES string of the molecule is C=CCC[C@@H](N)c1cc(OC)ccc1F. The van der Waals surface area contributed by atoms with Gasteiger partial charge in [0.2, 0.25) is 0 Å². The molecular formula is C12H16FNO. The maximum Gasteiger partial charge on any atom is 0.128 e. The predicted molar refractivity (Wildman–Crippen MR) is 59.3 cm³/mol. The Hall–Kier alpha value is -1.35. The fourth-order valence-electron chi connectivity index (χ4n) is 1.39. The standard InChI is InChI=1S/C12H16FNO/c1-3-4-5-12(14)10-8-9(15-2)6-7-11(10)13/h3,6-8,12H,1,4-5,14H2,2H3/t12-/m1/s1. The van der Waals surface area contributed by atoms with E-state index in [2.05, 4.69) is 6.58 Å². The van der Waals surface area contributed by atoms with Crippen molar-refractivity contribution in [3.05, 3.63) is 42.2 Å². The van der Waals surface area contributed by atoms with Crippen LogP contribution < -0.4 is 10.5 Å². The Kier molecular flexibility index (Phi) is 4.31. The van der Waals surface area contributed by atoms with Crippen molar-refractivity contribution in [3.63, 3.8) is 0 Å². The van der Waals surface area contributed by atoms with E-state index in [-0.39, 0.29) is 11.9 Å². The first kappa shape index (κ1) is 11.7. The van der Waals surface area contributed by atoms with Gasteiger partial charge in [-0.1, -0.05) is 6.08 Å². The number of hydrogen-bond acceptors (Lipinski definition) is 2. The summed E-state index contributed by atoms with van der Waals surface area (Å²) in [4.78, 5) is 0. The molecule has 1 aromatic rings. The Balaban J connectivity index is 2.85. The number of allylic oxidation sites excluding steroid dienone is 1. The first-order valence-electron chi connectivity index (χ1n) is 4.89. The van der Waals surface area contributed by atoms with E-state index < -0.39 is 0 Å². The van der Waals surface area contributed by atoms with Crippen LogP contribution >= 0.6 is 0 Å². The minimum atomic E-state index is -0.307. The number of methoxy groups -OCH3 is 1. The van der Waals surface area contributed by atoms with Crippen LogP contribution in [0, 0.1) is 5.82 Å². The Labute approximate surface area is 89.6 Å². The second kappa shape index (κ2) is 5.51. The zero-order chi connectivity index (χ0) is 11.3. The highest BCUT2D eigenvalue weighted by Crippen LogP contribution is 2.23. The van der Waals surface area contributed by atoms with Crippen molar-refractivity contribution in [2.24, 2.45) is 5.73 Å². The van der Waals surface area contributed by atoms with Gasteiger partial charge in [-0.05, 0) is 31.0 Å². The first-order chi connectivity index (χ1) is 7.19. The molecule has 0 aliphatic carbocycles. The van der Waals surface area contributed by atoms with Gasteiger partial charge < -0.3 is 10.5 Å². The maximum atomic E-state index is 13.4. The number of rotatable bonds is 5. The molecule has 0 saturated heterocycles. The van der Waals surface area contributed by atoms with Gasteiger partial charge in [0.15, 0.2) is 0 Å². The molecule has 0 aliphatic heterocycles. The fraction of sp³-hybridized carbons (Fsp3) is 0.333. The molecule has 3 heteroatoms. The lowest BCUT2D eigenvalue weighted by molar-refractivity contribution is 0.411. The largest absolute Gasteiger partial charge is 0.497 e. The van der Waals surface area contributed by atoms with Gasteiger partial charge in [-0.15, -0.1) is 6.58 Å². The molecule has 0 radical (unpaired) electrons. The van der Waals surface area contributed by atoms with Crippen LogP contribution in [0.1, 0.15) is 24.4 Å². The molecule has 0 aromatic heterocycles. The summed E-state index contributed by atoms with van der Waals surface area (Å²) >= 11 is 0. The highest BCUT2D eigenvalue weighted by Gasteiger charge is 2.11. The molecule has 1 atom stereocenters. The summed E-state index contributed by atoms with van der Waals surface area (Å²) in [7, 11) is 1.55. The molecule has 0 unspecified atom stereocenters. The van der Waals surface area contributed by atoms with Gasteiger partial charge in [-0.25, -0.2) is 4.39 Å². The van der Waals surface area contributed by atoms with Crippen LogP contribution in [0.5, 0.6) is 5.75 Å². The number of hydrogen-bond donors (Lipinski definition) is 1. The lowest BCUT2D eigenvalue weighted by Gasteiger charge is -2.13. The molecule has 0 spiro atoms. The summed E-state index contributed by atoms with van der Waals surface area (Å²) in [6.07, 6.45) is 3.24. The van der Waals surface area contributed by atoms with Crippen LogP contribution in [0.2, 0.25) is 0 Å².